The van der Waals surface area contributed by atoms with Crippen molar-refractivity contribution in [1.29, 1.82) is 0 Å². The van der Waals surface area contributed by atoms with Crippen molar-refractivity contribution in [3.05, 3.63) is 63.1 Å². The Morgan fingerprint density at radius 2 is 1.90 bits per heavy atom. The molecule has 3 nitrogen and oxygen atoms in total. The second kappa shape index (κ2) is 6.29. The minimum Gasteiger partial charge on any atom is -0.399 e. The third-order valence-electron chi connectivity index (χ3n) is 2.91. The molecule has 2 aromatic rings. The average molecular weight is 354 g/mol. The Hall–Kier alpha value is -1.52. The van der Waals surface area contributed by atoms with E-state index in [4.69, 9.17) is 17.3 Å². The van der Waals surface area contributed by atoms with E-state index in [1.807, 2.05) is 24.3 Å². The van der Waals surface area contributed by atoms with Crippen LogP contribution in [0.2, 0.25) is 5.02 Å². The highest BCUT2D eigenvalue weighted by atomic mass is 79.9. The number of nitrogens with two attached hydrogens (primary N) is 1. The van der Waals surface area contributed by atoms with Crippen molar-refractivity contribution in [2.45, 2.75) is 6.54 Å². The highest BCUT2D eigenvalue weighted by Crippen LogP contribution is 2.23. The van der Waals surface area contributed by atoms with Gasteiger partial charge in [0.25, 0.3) is 5.91 Å². The molecule has 0 atom stereocenters. The van der Waals surface area contributed by atoms with E-state index in [1.54, 1.807) is 30.1 Å². The number of nitrogens with zero attached hydrogens (tertiary/aromatic N) is 1. The standard InChI is InChI=1S/C15H14BrClN2O/c1-19(9-10-2-5-12(18)6-3-10)15(20)13-7-4-11(17)8-14(13)16/h2-8H,9,18H2,1H3. The SMILES string of the molecule is CN(Cc1ccc(N)cc1)C(=O)c1ccc(Cl)cc1Br. The Labute approximate surface area is 131 Å². The van der Waals surface area contributed by atoms with Crippen molar-refractivity contribution in [2.75, 3.05) is 12.8 Å². The molecule has 104 valence electrons. The molecule has 0 bridgehead atoms. The molecule has 0 aliphatic carbocycles. The van der Waals surface area contributed by atoms with Crippen molar-refractivity contribution in [1.82, 2.24) is 4.90 Å². The van der Waals surface area contributed by atoms with Crippen molar-refractivity contribution < 1.29 is 4.79 Å². The van der Waals surface area contributed by atoms with Crippen LogP contribution in [-0.2, 0) is 6.54 Å². The van der Waals surface area contributed by atoms with Crippen LogP contribution < -0.4 is 5.73 Å². The molecule has 0 unspecified atom stereocenters. The molecule has 20 heavy (non-hydrogen) atoms. The summed E-state index contributed by atoms with van der Waals surface area (Å²) in [5.74, 6) is -0.0645. The largest absolute Gasteiger partial charge is 0.399 e. The molecule has 1 amide bonds. The van der Waals surface area contributed by atoms with E-state index in [9.17, 15) is 4.79 Å². The van der Waals surface area contributed by atoms with E-state index in [2.05, 4.69) is 15.9 Å². The lowest BCUT2D eigenvalue weighted by atomic mass is 10.1. The highest BCUT2D eigenvalue weighted by molar-refractivity contribution is 9.10. The summed E-state index contributed by atoms with van der Waals surface area (Å²) in [4.78, 5) is 14.0. The molecule has 0 aromatic heterocycles. The number of nitrogen functional groups attached to an aromatic ring is 1. The van der Waals surface area contributed by atoms with Gasteiger partial charge in [-0.25, -0.2) is 0 Å². The summed E-state index contributed by atoms with van der Waals surface area (Å²) in [5, 5.41) is 0.592. The predicted molar refractivity (Wildman–Crippen MR) is 85.8 cm³/mol. The summed E-state index contributed by atoms with van der Waals surface area (Å²) in [7, 11) is 1.76. The number of benzene rings is 2. The lowest BCUT2D eigenvalue weighted by molar-refractivity contribution is 0.0784. The van der Waals surface area contributed by atoms with Crippen molar-refractivity contribution in [2.24, 2.45) is 0 Å². The first-order valence-corrected chi connectivity index (χ1v) is 7.19. The van der Waals surface area contributed by atoms with E-state index < -0.39 is 0 Å². The number of amides is 1. The zero-order valence-corrected chi connectivity index (χ0v) is 13.3. The molecule has 0 heterocycles. The molecule has 2 rings (SSSR count). The van der Waals surface area contributed by atoms with Crippen LogP contribution >= 0.6 is 27.5 Å². The summed E-state index contributed by atoms with van der Waals surface area (Å²) < 4.78 is 0.694. The van der Waals surface area contributed by atoms with Crippen LogP contribution in [0.25, 0.3) is 0 Å². The monoisotopic (exact) mass is 352 g/mol. The molecule has 0 aliphatic heterocycles. The Bertz CT molecular complexity index is 628. The number of hydrogen-bond donors (Lipinski definition) is 1. The van der Waals surface area contributed by atoms with Gasteiger partial charge >= 0.3 is 0 Å². The molecule has 2 aromatic carbocycles. The first-order chi connectivity index (χ1) is 9.47. The molecule has 0 spiro atoms. The van der Waals surface area contributed by atoms with Gasteiger partial charge in [0.1, 0.15) is 0 Å². The maximum Gasteiger partial charge on any atom is 0.255 e. The smallest absolute Gasteiger partial charge is 0.255 e. The van der Waals surface area contributed by atoms with Gasteiger partial charge in [0.2, 0.25) is 0 Å². The van der Waals surface area contributed by atoms with Gasteiger partial charge < -0.3 is 10.6 Å². The number of rotatable bonds is 3. The summed E-state index contributed by atoms with van der Waals surface area (Å²) in [6, 6.07) is 12.6. The van der Waals surface area contributed by atoms with Gasteiger partial charge in [-0.2, -0.15) is 0 Å². The van der Waals surface area contributed by atoms with Crippen molar-refractivity contribution in [3.8, 4) is 0 Å². The van der Waals surface area contributed by atoms with E-state index in [-0.39, 0.29) is 5.91 Å². The fourth-order valence-electron chi connectivity index (χ4n) is 1.84. The normalized spacial score (nSPS) is 10.3. The van der Waals surface area contributed by atoms with Crippen LogP contribution in [0.15, 0.2) is 46.9 Å². The Balaban J connectivity index is 2.14. The van der Waals surface area contributed by atoms with Crippen LogP contribution in [0.1, 0.15) is 15.9 Å². The Morgan fingerprint density at radius 3 is 2.50 bits per heavy atom. The molecule has 0 saturated heterocycles. The minimum absolute atomic E-state index is 0.0645. The fourth-order valence-corrected chi connectivity index (χ4v) is 2.69. The van der Waals surface area contributed by atoms with Gasteiger partial charge in [0, 0.05) is 28.8 Å². The third-order valence-corrected chi connectivity index (χ3v) is 3.80. The lowest BCUT2D eigenvalue weighted by Crippen LogP contribution is -2.26. The fraction of sp³-hybridized carbons (Fsp3) is 0.133. The third kappa shape index (κ3) is 3.52. The zero-order valence-electron chi connectivity index (χ0n) is 10.9. The summed E-state index contributed by atoms with van der Waals surface area (Å²) in [6.07, 6.45) is 0. The maximum atomic E-state index is 12.4. The predicted octanol–water partition coefficient (Wildman–Crippen LogP) is 3.96. The van der Waals surface area contributed by atoms with Gasteiger partial charge in [-0.05, 0) is 51.8 Å². The number of anilines is 1. The van der Waals surface area contributed by atoms with Gasteiger partial charge in [0.05, 0.1) is 5.56 Å². The number of halogens is 2. The second-order valence-corrected chi connectivity index (χ2v) is 5.82. The van der Waals surface area contributed by atoms with Gasteiger partial charge in [-0.1, -0.05) is 23.7 Å². The van der Waals surface area contributed by atoms with Crippen LogP contribution in [0.4, 0.5) is 5.69 Å². The second-order valence-electron chi connectivity index (χ2n) is 4.53. The maximum absolute atomic E-state index is 12.4. The topological polar surface area (TPSA) is 46.3 Å². The first-order valence-electron chi connectivity index (χ1n) is 6.02. The van der Waals surface area contributed by atoms with E-state index in [0.29, 0.717) is 27.3 Å². The molecular formula is C15H14BrClN2O. The van der Waals surface area contributed by atoms with Gasteiger partial charge in [-0.3, -0.25) is 4.79 Å². The van der Waals surface area contributed by atoms with Gasteiger partial charge in [-0.15, -0.1) is 0 Å². The number of carbonyl (C=O) groups excluding carboxylic acids is 1. The highest BCUT2D eigenvalue weighted by Gasteiger charge is 2.15. The molecular weight excluding hydrogens is 340 g/mol. The van der Waals surface area contributed by atoms with E-state index >= 15 is 0 Å². The molecule has 0 saturated carbocycles. The van der Waals surface area contributed by atoms with Crippen LogP contribution in [0.3, 0.4) is 0 Å². The molecule has 5 heteroatoms. The van der Waals surface area contributed by atoms with Crippen LogP contribution in [0, 0.1) is 0 Å². The summed E-state index contributed by atoms with van der Waals surface area (Å²) >= 11 is 9.24. The first kappa shape index (κ1) is 14.9. The Morgan fingerprint density at radius 1 is 1.25 bits per heavy atom. The quantitative estimate of drug-likeness (QED) is 0.849. The summed E-state index contributed by atoms with van der Waals surface area (Å²) in [5.41, 5.74) is 7.97. The lowest BCUT2D eigenvalue weighted by Gasteiger charge is -2.18. The molecule has 0 radical (unpaired) electrons. The number of carbonyl (C=O) groups is 1. The molecule has 0 fully saturated rings. The summed E-state index contributed by atoms with van der Waals surface area (Å²) in [6.45, 7) is 0.522. The molecule has 2 N–H and O–H groups in total. The minimum atomic E-state index is -0.0645. The van der Waals surface area contributed by atoms with Crippen molar-refractivity contribution in [3.63, 3.8) is 0 Å². The zero-order chi connectivity index (χ0) is 14.7. The van der Waals surface area contributed by atoms with Crippen molar-refractivity contribution >= 4 is 39.1 Å². The average Bonchev–Trinajstić information content (AvgIpc) is 2.40. The Kier molecular flexibility index (Phi) is 4.68. The number of hydrogen-bond acceptors (Lipinski definition) is 2. The van der Waals surface area contributed by atoms with Crippen LogP contribution in [0.5, 0.6) is 0 Å². The molecule has 0 aliphatic rings. The van der Waals surface area contributed by atoms with Crippen LogP contribution in [-0.4, -0.2) is 17.9 Å². The van der Waals surface area contributed by atoms with E-state index in [0.717, 1.165) is 5.56 Å². The van der Waals surface area contributed by atoms with E-state index in [1.165, 1.54) is 0 Å². The van der Waals surface area contributed by atoms with Gasteiger partial charge in [0.15, 0.2) is 0 Å².